The lowest BCUT2D eigenvalue weighted by Gasteiger charge is -2.37. The third-order valence-corrected chi connectivity index (χ3v) is 7.47. The molecule has 0 radical (unpaired) electrons. The molecule has 0 unspecified atom stereocenters. The minimum atomic E-state index is -0.126. The minimum Gasteiger partial charge on any atom is -0.459 e. The van der Waals surface area contributed by atoms with Crippen LogP contribution >= 0.6 is 0 Å². The van der Waals surface area contributed by atoms with Gasteiger partial charge in [0.15, 0.2) is 5.76 Å². The lowest BCUT2D eigenvalue weighted by molar-refractivity contribution is -0.119. The Labute approximate surface area is 223 Å². The Balaban J connectivity index is 1.35. The largest absolute Gasteiger partial charge is 0.459 e. The molecule has 38 heavy (non-hydrogen) atoms. The van der Waals surface area contributed by atoms with Crippen LogP contribution in [0.3, 0.4) is 0 Å². The summed E-state index contributed by atoms with van der Waals surface area (Å²) in [4.78, 5) is 44.9. The van der Waals surface area contributed by atoms with E-state index < -0.39 is 0 Å². The molecule has 2 heterocycles. The monoisotopic (exact) mass is 514 g/mol. The van der Waals surface area contributed by atoms with E-state index in [0.717, 1.165) is 36.9 Å². The van der Waals surface area contributed by atoms with Gasteiger partial charge in [-0.15, -0.1) is 0 Å². The summed E-state index contributed by atoms with van der Waals surface area (Å²) in [6, 6.07) is 18.8. The zero-order chi connectivity index (χ0) is 26.5. The third-order valence-electron chi connectivity index (χ3n) is 7.47. The van der Waals surface area contributed by atoms with E-state index in [4.69, 9.17) is 4.42 Å². The molecule has 8 heteroatoms. The number of nitrogens with zero attached hydrogens (tertiary/aromatic N) is 3. The second-order valence-electron chi connectivity index (χ2n) is 10.1. The molecular weight excluding hydrogens is 480 g/mol. The molecule has 1 aliphatic heterocycles. The third kappa shape index (κ3) is 5.74. The van der Waals surface area contributed by atoms with Crippen molar-refractivity contribution < 1.29 is 18.8 Å². The van der Waals surface area contributed by atoms with Gasteiger partial charge in [0.2, 0.25) is 5.91 Å². The first-order chi connectivity index (χ1) is 18.5. The number of piperazine rings is 1. The fourth-order valence-electron chi connectivity index (χ4n) is 5.33. The standard InChI is InChI=1S/C30H34N4O4/c1-32(21-22-8-3-2-4-9-22)29(36)25-20-24(31-28(35)23-10-5-6-11-23)13-14-26(25)33-15-17-34(18-16-33)30(37)27-12-7-19-38-27/h2-4,7-9,12-14,19-20,23H,5-6,10-11,15-18,21H2,1H3,(H,31,35). The van der Waals surface area contributed by atoms with Crippen LogP contribution in [-0.2, 0) is 11.3 Å². The zero-order valence-corrected chi connectivity index (χ0v) is 21.8. The van der Waals surface area contributed by atoms with Crippen LogP contribution in [0, 0.1) is 5.92 Å². The van der Waals surface area contributed by atoms with Crippen molar-refractivity contribution in [3.8, 4) is 0 Å². The molecule has 1 aliphatic carbocycles. The van der Waals surface area contributed by atoms with E-state index in [1.807, 2.05) is 42.5 Å². The fraction of sp³-hybridized carbons (Fsp3) is 0.367. The predicted molar refractivity (Wildman–Crippen MR) is 146 cm³/mol. The molecule has 1 saturated heterocycles. The van der Waals surface area contributed by atoms with Crippen LogP contribution in [0.25, 0.3) is 0 Å². The maximum Gasteiger partial charge on any atom is 0.289 e. The summed E-state index contributed by atoms with van der Waals surface area (Å²) < 4.78 is 5.28. The molecule has 3 aromatic rings. The molecule has 0 bridgehead atoms. The van der Waals surface area contributed by atoms with Gasteiger partial charge in [-0.2, -0.15) is 0 Å². The average molecular weight is 515 g/mol. The second kappa shape index (κ2) is 11.5. The summed E-state index contributed by atoms with van der Waals surface area (Å²) in [5.41, 5.74) is 3.02. The summed E-state index contributed by atoms with van der Waals surface area (Å²) in [5.74, 6) is 0.151. The van der Waals surface area contributed by atoms with Crippen LogP contribution in [0.2, 0.25) is 0 Å². The van der Waals surface area contributed by atoms with E-state index in [0.29, 0.717) is 49.7 Å². The molecule has 2 fully saturated rings. The van der Waals surface area contributed by atoms with Gasteiger partial charge in [-0.1, -0.05) is 43.2 Å². The maximum absolute atomic E-state index is 13.7. The van der Waals surface area contributed by atoms with E-state index in [9.17, 15) is 14.4 Å². The van der Waals surface area contributed by atoms with Gasteiger partial charge in [0.1, 0.15) is 0 Å². The van der Waals surface area contributed by atoms with Gasteiger partial charge in [-0.3, -0.25) is 14.4 Å². The molecule has 1 N–H and O–H groups in total. The quantitative estimate of drug-likeness (QED) is 0.496. The Hall–Kier alpha value is -4.07. The van der Waals surface area contributed by atoms with Gasteiger partial charge in [-0.05, 0) is 48.7 Å². The molecule has 8 nitrogen and oxygen atoms in total. The summed E-state index contributed by atoms with van der Waals surface area (Å²) in [6.45, 7) is 2.69. The first-order valence-corrected chi connectivity index (χ1v) is 13.3. The van der Waals surface area contributed by atoms with Crippen molar-refractivity contribution >= 4 is 29.1 Å². The predicted octanol–water partition coefficient (Wildman–Crippen LogP) is 4.64. The molecule has 1 aromatic heterocycles. The topological polar surface area (TPSA) is 86.1 Å². The van der Waals surface area contributed by atoms with E-state index in [-0.39, 0.29) is 23.6 Å². The van der Waals surface area contributed by atoms with Crippen molar-refractivity contribution in [1.29, 1.82) is 0 Å². The number of carbonyl (C=O) groups excluding carboxylic acids is 3. The fourth-order valence-corrected chi connectivity index (χ4v) is 5.33. The second-order valence-corrected chi connectivity index (χ2v) is 10.1. The number of furan rings is 1. The van der Waals surface area contributed by atoms with Gasteiger partial charge in [0.25, 0.3) is 11.8 Å². The highest BCUT2D eigenvalue weighted by Gasteiger charge is 2.28. The molecule has 2 aliphatic rings. The highest BCUT2D eigenvalue weighted by Crippen LogP contribution is 2.30. The van der Waals surface area contributed by atoms with Crippen LogP contribution in [0.15, 0.2) is 71.3 Å². The molecular formula is C30H34N4O4. The van der Waals surface area contributed by atoms with E-state index in [1.165, 1.54) is 6.26 Å². The number of carbonyl (C=O) groups is 3. The Morgan fingerprint density at radius 2 is 1.68 bits per heavy atom. The van der Waals surface area contributed by atoms with Gasteiger partial charge >= 0.3 is 0 Å². The van der Waals surface area contributed by atoms with E-state index in [2.05, 4.69) is 10.2 Å². The first-order valence-electron chi connectivity index (χ1n) is 13.3. The number of anilines is 2. The Bertz CT molecular complexity index is 1260. The maximum atomic E-state index is 13.7. The molecule has 198 valence electrons. The van der Waals surface area contributed by atoms with Crippen molar-refractivity contribution in [2.75, 3.05) is 43.4 Å². The average Bonchev–Trinajstić information content (AvgIpc) is 3.68. The van der Waals surface area contributed by atoms with Gasteiger partial charge < -0.3 is 24.4 Å². The van der Waals surface area contributed by atoms with Crippen LogP contribution in [0.5, 0.6) is 0 Å². The van der Waals surface area contributed by atoms with Gasteiger partial charge in [0.05, 0.1) is 11.8 Å². The summed E-state index contributed by atoms with van der Waals surface area (Å²) in [7, 11) is 1.79. The Morgan fingerprint density at radius 1 is 0.947 bits per heavy atom. The molecule has 0 spiro atoms. The van der Waals surface area contributed by atoms with Gasteiger partial charge in [0, 0.05) is 57.1 Å². The molecule has 5 rings (SSSR count). The van der Waals surface area contributed by atoms with Crippen molar-refractivity contribution in [3.63, 3.8) is 0 Å². The van der Waals surface area contributed by atoms with Crippen LogP contribution in [0.1, 0.15) is 52.2 Å². The Kier molecular flexibility index (Phi) is 7.77. The lowest BCUT2D eigenvalue weighted by atomic mass is 10.1. The number of benzene rings is 2. The molecule has 0 atom stereocenters. The molecule has 2 aromatic carbocycles. The van der Waals surface area contributed by atoms with E-state index >= 15 is 0 Å². The number of rotatable bonds is 7. The summed E-state index contributed by atoms with van der Waals surface area (Å²) >= 11 is 0. The number of hydrogen-bond donors (Lipinski definition) is 1. The molecule has 1 saturated carbocycles. The van der Waals surface area contributed by atoms with Crippen molar-refractivity contribution in [2.24, 2.45) is 5.92 Å². The van der Waals surface area contributed by atoms with Crippen molar-refractivity contribution in [1.82, 2.24) is 9.80 Å². The summed E-state index contributed by atoms with van der Waals surface area (Å²) in [5, 5.41) is 3.04. The van der Waals surface area contributed by atoms with Crippen molar-refractivity contribution in [2.45, 2.75) is 32.2 Å². The minimum absolute atomic E-state index is 0.0244. The first kappa shape index (κ1) is 25.6. The number of amides is 3. The van der Waals surface area contributed by atoms with E-state index in [1.54, 1.807) is 35.0 Å². The van der Waals surface area contributed by atoms with Gasteiger partial charge in [-0.25, -0.2) is 0 Å². The van der Waals surface area contributed by atoms with Crippen LogP contribution in [0.4, 0.5) is 11.4 Å². The highest BCUT2D eigenvalue weighted by atomic mass is 16.3. The lowest BCUT2D eigenvalue weighted by Crippen LogP contribution is -2.49. The Morgan fingerprint density at radius 3 is 2.37 bits per heavy atom. The smallest absolute Gasteiger partial charge is 0.289 e. The zero-order valence-electron chi connectivity index (χ0n) is 21.8. The SMILES string of the molecule is CN(Cc1ccccc1)C(=O)c1cc(NC(=O)C2CCCC2)ccc1N1CCN(C(=O)c2ccco2)CC1. The normalized spacial score (nSPS) is 15.9. The number of hydrogen-bond acceptors (Lipinski definition) is 5. The summed E-state index contributed by atoms with van der Waals surface area (Å²) in [6.07, 6.45) is 5.49. The molecule has 3 amide bonds. The highest BCUT2D eigenvalue weighted by molar-refractivity contribution is 6.02. The van der Waals surface area contributed by atoms with Crippen LogP contribution in [-0.4, -0.2) is 60.7 Å². The van der Waals surface area contributed by atoms with Crippen LogP contribution < -0.4 is 10.2 Å². The number of nitrogens with one attached hydrogen (secondary N) is 1. The van der Waals surface area contributed by atoms with Crippen molar-refractivity contribution in [3.05, 3.63) is 83.8 Å².